The van der Waals surface area contributed by atoms with Crippen LogP contribution in [-0.4, -0.2) is 12.1 Å². The first kappa shape index (κ1) is 13.0. The number of esters is 1. The van der Waals surface area contributed by atoms with Gasteiger partial charge < -0.3 is 4.74 Å². The van der Waals surface area contributed by atoms with Crippen molar-refractivity contribution >= 4 is 29.2 Å². The van der Waals surface area contributed by atoms with Crippen LogP contribution in [-0.2, 0) is 9.53 Å². The molecule has 94 valence electrons. The van der Waals surface area contributed by atoms with Gasteiger partial charge in [-0.15, -0.1) is 0 Å². The van der Waals surface area contributed by atoms with Crippen molar-refractivity contribution in [3.05, 3.63) is 22.7 Å². The van der Waals surface area contributed by atoms with Crippen LogP contribution >= 0.6 is 23.2 Å². The molecule has 1 saturated carbocycles. The van der Waals surface area contributed by atoms with Gasteiger partial charge in [0.15, 0.2) is 0 Å². The highest BCUT2D eigenvalue weighted by Crippen LogP contribution is 2.60. The largest absolute Gasteiger partial charge is 0.458 e. The maximum absolute atomic E-state index is 12.0. The predicted octanol–water partition coefficient (Wildman–Crippen LogP) is 3.84. The fourth-order valence-corrected chi connectivity index (χ4v) is 2.77. The maximum atomic E-state index is 12.0. The van der Waals surface area contributed by atoms with E-state index in [2.05, 4.69) is 0 Å². The molecule has 0 heterocycles. The molecular weight excluding hydrogens is 259 g/mol. The molecule has 2 aliphatic carbocycles. The summed E-state index contributed by atoms with van der Waals surface area (Å²) in [5.41, 5.74) is -0.103. The van der Waals surface area contributed by atoms with Crippen molar-refractivity contribution in [2.75, 3.05) is 0 Å². The number of hydrogen-bond acceptors (Lipinski definition) is 2. The van der Waals surface area contributed by atoms with Crippen molar-refractivity contribution in [2.45, 2.75) is 32.8 Å². The Kier molecular flexibility index (Phi) is 3.55. The lowest BCUT2D eigenvalue weighted by Crippen LogP contribution is -2.17. The minimum Gasteiger partial charge on any atom is -0.458 e. The number of hydrogen-bond donors (Lipinski definition) is 0. The van der Waals surface area contributed by atoms with Crippen LogP contribution in [0.4, 0.5) is 0 Å². The highest BCUT2D eigenvalue weighted by atomic mass is 35.5. The zero-order valence-electron chi connectivity index (χ0n) is 9.95. The maximum Gasteiger partial charge on any atom is 0.310 e. The summed E-state index contributed by atoms with van der Waals surface area (Å²) in [6, 6.07) is 0. The van der Waals surface area contributed by atoms with Gasteiger partial charge in [0.25, 0.3) is 0 Å². The van der Waals surface area contributed by atoms with Gasteiger partial charge in [0, 0.05) is 0 Å². The molecule has 2 nitrogen and oxygen atoms in total. The van der Waals surface area contributed by atoms with Gasteiger partial charge in [-0.3, -0.25) is 4.79 Å². The SMILES string of the molecule is CC1(C)[C@H](C=C(Cl)Cl)[C@H]1C(=O)OC1C=CCC1. The smallest absolute Gasteiger partial charge is 0.310 e. The molecule has 1 unspecified atom stereocenters. The van der Waals surface area contributed by atoms with Gasteiger partial charge in [0.1, 0.15) is 10.6 Å². The number of halogens is 2. The Balaban J connectivity index is 1.96. The first-order chi connectivity index (χ1) is 7.93. The standard InChI is InChI=1S/C13H16Cl2O2/c1-13(2)9(7-10(14)15)11(13)12(16)17-8-5-3-4-6-8/h3,5,7-9,11H,4,6H2,1-2H3/t8?,9-,11+/m1/s1. The Morgan fingerprint density at radius 2 is 2.18 bits per heavy atom. The van der Waals surface area contributed by atoms with Crippen molar-refractivity contribution in [3.8, 4) is 0 Å². The van der Waals surface area contributed by atoms with Gasteiger partial charge >= 0.3 is 5.97 Å². The third kappa shape index (κ3) is 2.69. The second-order valence-corrected chi connectivity index (χ2v) is 6.27. The lowest BCUT2D eigenvalue weighted by Gasteiger charge is -2.10. The molecule has 4 heteroatoms. The highest BCUT2D eigenvalue weighted by Gasteiger charge is 2.61. The first-order valence-corrected chi connectivity index (χ1v) is 6.58. The number of carbonyl (C=O) groups is 1. The molecule has 0 saturated heterocycles. The number of ether oxygens (including phenoxy) is 1. The number of carbonyl (C=O) groups excluding carboxylic acids is 1. The zero-order valence-corrected chi connectivity index (χ0v) is 11.5. The molecule has 2 aliphatic rings. The molecule has 0 aromatic rings. The summed E-state index contributed by atoms with van der Waals surface area (Å²) < 4.78 is 5.66. The second kappa shape index (κ2) is 4.66. The van der Waals surface area contributed by atoms with E-state index >= 15 is 0 Å². The summed E-state index contributed by atoms with van der Waals surface area (Å²) in [5.74, 6) is -0.170. The van der Waals surface area contributed by atoms with Crippen molar-refractivity contribution in [2.24, 2.45) is 17.3 Å². The second-order valence-electron chi connectivity index (χ2n) is 5.26. The molecule has 0 spiro atoms. The summed E-state index contributed by atoms with van der Waals surface area (Å²) in [4.78, 5) is 12.0. The molecule has 0 aromatic heterocycles. The van der Waals surface area contributed by atoms with Crippen LogP contribution in [0.2, 0.25) is 0 Å². The van der Waals surface area contributed by atoms with Crippen molar-refractivity contribution in [3.63, 3.8) is 0 Å². The Bertz CT molecular complexity index is 381. The monoisotopic (exact) mass is 274 g/mol. The van der Waals surface area contributed by atoms with E-state index in [1.54, 1.807) is 6.08 Å². The average Bonchev–Trinajstić information content (AvgIpc) is 2.64. The minimum absolute atomic E-state index is 0.0463. The lowest BCUT2D eigenvalue weighted by atomic mass is 10.1. The molecule has 0 bridgehead atoms. The van der Waals surface area contributed by atoms with E-state index in [4.69, 9.17) is 27.9 Å². The topological polar surface area (TPSA) is 26.3 Å². The summed E-state index contributed by atoms with van der Waals surface area (Å²) in [6.45, 7) is 4.06. The normalized spacial score (nSPS) is 33.3. The third-order valence-corrected chi connectivity index (χ3v) is 3.96. The summed E-state index contributed by atoms with van der Waals surface area (Å²) in [6.07, 6.45) is 7.57. The van der Waals surface area contributed by atoms with E-state index in [1.807, 2.05) is 26.0 Å². The zero-order chi connectivity index (χ0) is 12.6. The van der Waals surface area contributed by atoms with Crippen LogP contribution in [0, 0.1) is 17.3 Å². The summed E-state index contributed by atoms with van der Waals surface area (Å²) in [7, 11) is 0. The van der Waals surface area contributed by atoms with Gasteiger partial charge in [-0.1, -0.05) is 43.1 Å². The van der Waals surface area contributed by atoms with Gasteiger partial charge in [-0.2, -0.15) is 0 Å². The molecule has 0 N–H and O–H groups in total. The van der Waals surface area contributed by atoms with E-state index in [9.17, 15) is 4.79 Å². The Labute approximate surface area is 112 Å². The Morgan fingerprint density at radius 1 is 1.47 bits per heavy atom. The van der Waals surface area contributed by atoms with Gasteiger partial charge in [-0.05, 0) is 36.3 Å². The van der Waals surface area contributed by atoms with Crippen LogP contribution in [0.25, 0.3) is 0 Å². The molecule has 3 atom stereocenters. The summed E-state index contributed by atoms with van der Waals surface area (Å²) in [5, 5.41) is 0. The van der Waals surface area contributed by atoms with Crippen molar-refractivity contribution < 1.29 is 9.53 Å². The Morgan fingerprint density at radius 3 is 2.71 bits per heavy atom. The van der Waals surface area contributed by atoms with Crippen LogP contribution in [0.1, 0.15) is 26.7 Å². The van der Waals surface area contributed by atoms with Crippen LogP contribution in [0.3, 0.4) is 0 Å². The molecule has 0 aromatic carbocycles. The van der Waals surface area contributed by atoms with Gasteiger partial charge in [0.05, 0.1) is 5.92 Å². The third-order valence-electron chi connectivity index (χ3n) is 3.71. The first-order valence-electron chi connectivity index (χ1n) is 5.83. The van der Waals surface area contributed by atoms with Crippen LogP contribution in [0.5, 0.6) is 0 Å². The van der Waals surface area contributed by atoms with Crippen LogP contribution < -0.4 is 0 Å². The molecule has 0 radical (unpaired) electrons. The van der Waals surface area contributed by atoms with E-state index in [1.165, 1.54) is 0 Å². The van der Waals surface area contributed by atoms with Crippen LogP contribution in [0.15, 0.2) is 22.7 Å². The minimum atomic E-state index is -0.137. The molecule has 1 fully saturated rings. The number of allylic oxidation sites excluding steroid dienone is 2. The molecule has 17 heavy (non-hydrogen) atoms. The van der Waals surface area contributed by atoms with Gasteiger partial charge in [0.2, 0.25) is 0 Å². The fraction of sp³-hybridized carbons (Fsp3) is 0.615. The highest BCUT2D eigenvalue weighted by molar-refractivity contribution is 6.55. The molecule has 0 aliphatic heterocycles. The quantitative estimate of drug-likeness (QED) is 0.578. The summed E-state index contributed by atoms with van der Waals surface area (Å²) >= 11 is 11.3. The van der Waals surface area contributed by atoms with E-state index in [-0.39, 0.29) is 33.8 Å². The van der Waals surface area contributed by atoms with Gasteiger partial charge in [-0.25, -0.2) is 0 Å². The number of rotatable bonds is 3. The lowest BCUT2D eigenvalue weighted by molar-refractivity contribution is -0.149. The Hall–Kier alpha value is -0.470. The van der Waals surface area contributed by atoms with E-state index in [0.29, 0.717) is 0 Å². The average molecular weight is 275 g/mol. The predicted molar refractivity (Wildman–Crippen MR) is 68.8 cm³/mol. The van der Waals surface area contributed by atoms with E-state index < -0.39 is 0 Å². The molecule has 2 rings (SSSR count). The fourth-order valence-electron chi connectivity index (χ4n) is 2.50. The molecular formula is C13H16Cl2O2. The molecule has 0 amide bonds. The van der Waals surface area contributed by atoms with Crippen molar-refractivity contribution in [1.29, 1.82) is 0 Å². The van der Waals surface area contributed by atoms with E-state index in [0.717, 1.165) is 12.8 Å². The van der Waals surface area contributed by atoms with Crippen molar-refractivity contribution in [1.82, 2.24) is 0 Å².